The van der Waals surface area contributed by atoms with E-state index in [0.29, 0.717) is 24.2 Å². The Balaban J connectivity index is 2.10. The molecular formula is C12H21N3O2. The van der Waals surface area contributed by atoms with Gasteiger partial charge in [0.05, 0.1) is 6.04 Å². The normalized spacial score (nSPS) is 19.6. The third kappa shape index (κ3) is 2.84. The van der Waals surface area contributed by atoms with E-state index >= 15 is 0 Å². The zero-order valence-corrected chi connectivity index (χ0v) is 10.7. The van der Waals surface area contributed by atoms with Gasteiger partial charge in [-0.25, -0.2) is 0 Å². The average Bonchev–Trinajstić information content (AvgIpc) is 3.02. The van der Waals surface area contributed by atoms with Gasteiger partial charge in [0, 0.05) is 6.61 Å². The maximum absolute atomic E-state index is 5.98. The Morgan fingerprint density at radius 1 is 1.47 bits per heavy atom. The monoisotopic (exact) mass is 239 g/mol. The Labute approximate surface area is 102 Å². The van der Waals surface area contributed by atoms with E-state index in [-0.39, 0.29) is 18.1 Å². The first-order valence-corrected chi connectivity index (χ1v) is 6.34. The van der Waals surface area contributed by atoms with Gasteiger partial charge in [0.2, 0.25) is 11.7 Å². The molecule has 1 saturated carbocycles. The maximum atomic E-state index is 5.98. The topological polar surface area (TPSA) is 74.2 Å². The molecule has 0 amide bonds. The molecule has 1 aliphatic rings. The van der Waals surface area contributed by atoms with Crippen LogP contribution in [-0.2, 0) is 4.74 Å². The molecule has 0 bridgehead atoms. The van der Waals surface area contributed by atoms with Crippen LogP contribution in [-0.4, -0.2) is 16.7 Å². The minimum absolute atomic E-state index is 0.0168. The molecule has 2 N–H and O–H groups in total. The molecule has 96 valence electrons. The van der Waals surface area contributed by atoms with Crippen LogP contribution in [0, 0.1) is 11.8 Å². The third-order valence-electron chi connectivity index (χ3n) is 3.11. The van der Waals surface area contributed by atoms with E-state index in [1.54, 1.807) is 0 Å². The molecule has 1 fully saturated rings. The largest absolute Gasteiger partial charge is 0.370 e. The van der Waals surface area contributed by atoms with E-state index in [4.69, 9.17) is 15.0 Å². The van der Waals surface area contributed by atoms with Gasteiger partial charge in [0.15, 0.2) is 0 Å². The summed E-state index contributed by atoms with van der Waals surface area (Å²) in [6.07, 6.45) is 2.35. The lowest BCUT2D eigenvalue weighted by molar-refractivity contribution is 0.0384. The minimum atomic E-state index is -0.197. The highest BCUT2D eigenvalue weighted by Gasteiger charge is 2.36. The zero-order valence-electron chi connectivity index (χ0n) is 10.7. The van der Waals surface area contributed by atoms with E-state index in [2.05, 4.69) is 10.1 Å². The molecule has 1 aromatic rings. The summed E-state index contributed by atoms with van der Waals surface area (Å²) >= 11 is 0. The predicted octanol–water partition coefficient (Wildman–Crippen LogP) is 2.21. The summed E-state index contributed by atoms with van der Waals surface area (Å²) in [6, 6.07) is -0.197. The highest BCUT2D eigenvalue weighted by atomic mass is 16.5. The molecule has 0 radical (unpaired) electrons. The first-order valence-electron chi connectivity index (χ1n) is 6.34. The van der Waals surface area contributed by atoms with Crippen molar-refractivity contribution in [1.29, 1.82) is 0 Å². The molecule has 2 atom stereocenters. The lowest BCUT2D eigenvalue weighted by Crippen LogP contribution is -2.17. The molecule has 5 heteroatoms. The van der Waals surface area contributed by atoms with Crippen molar-refractivity contribution in [3.63, 3.8) is 0 Å². The van der Waals surface area contributed by atoms with Crippen molar-refractivity contribution in [2.24, 2.45) is 17.6 Å². The lowest BCUT2D eigenvalue weighted by atomic mass is 10.1. The molecule has 1 heterocycles. The molecule has 2 rings (SSSR count). The van der Waals surface area contributed by atoms with Crippen LogP contribution in [0.4, 0.5) is 0 Å². The Bertz CT molecular complexity index is 360. The fourth-order valence-electron chi connectivity index (χ4n) is 1.78. The number of hydrogen-bond donors (Lipinski definition) is 1. The van der Waals surface area contributed by atoms with E-state index < -0.39 is 0 Å². The quantitative estimate of drug-likeness (QED) is 0.823. The fourth-order valence-corrected chi connectivity index (χ4v) is 1.78. The van der Waals surface area contributed by atoms with E-state index in [1.807, 2.05) is 20.8 Å². The molecule has 17 heavy (non-hydrogen) atoms. The molecule has 0 saturated heterocycles. The number of aromatic nitrogens is 2. The summed E-state index contributed by atoms with van der Waals surface area (Å²) in [5.41, 5.74) is 5.98. The van der Waals surface area contributed by atoms with Crippen LogP contribution in [0.15, 0.2) is 4.52 Å². The van der Waals surface area contributed by atoms with E-state index in [9.17, 15) is 0 Å². The van der Waals surface area contributed by atoms with E-state index in [1.165, 1.54) is 12.8 Å². The van der Waals surface area contributed by atoms with Crippen LogP contribution in [0.2, 0.25) is 0 Å². The van der Waals surface area contributed by atoms with Crippen molar-refractivity contribution in [1.82, 2.24) is 10.1 Å². The van der Waals surface area contributed by atoms with Gasteiger partial charge in [-0.1, -0.05) is 19.0 Å². The second-order valence-corrected chi connectivity index (χ2v) is 4.97. The van der Waals surface area contributed by atoms with Crippen LogP contribution in [0.25, 0.3) is 0 Å². The smallest absolute Gasteiger partial charge is 0.243 e. The van der Waals surface area contributed by atoms with Crippen molar-refractivity contribution >= 4 is 0 Å². The summed E-state index contributed by atoms with van der Waals surface area (Å²) in [4.78, 5) is 4.38. The lowest BCUT2D eigenvalue weighted by Gasteiger charge is -2.12. The molecule has 2 unspecified atom stereocenters. The van der Waals surface area contributed by atoms with Gasteiger partial charge in [0.25, 0.3) is 0 Å². The molecular weight excluding hydrogens is 218 g/mol. The van der Waals surface area contributed by atoms with Crippen molar-refractivity contribution in [3.05, 3.63) is 11.7 Å². The number of nitrogens with zero attached hydrogens (tertiary/aromatic N) is 2. The summed E-state index contributed by atoms with van der Waals surface area (Å²) in [6.45, 7) is 6.72. The molecule has 1 aliphatic carbocycles. The maximum Gasteiger partial charge on any atom is 0.243 e. The van der Waals surface area contributed by atoms with Crippen LogP contribution in [0.1, 0.15) is 57.5 Å². The van der Waals surface area contributed by atoms with Gasteiger partial charge in [-0.15, -0.1) is 0 Å². The van der Waals surface area contributed by atoms with Gasteiger partial charge < -0.3 is 15.0 Å². The number of hydrogen-bond acceptors (Lipinski definition) is 5. The Kier molecular flexibility index (Phi) is 3.79. The summed E-state index contributed by atoms with van der Waals surface area (Å²) in [5, 5.41) is 4.01. The summed E-state index contributed by atoms with van der Waals surface area (Å²) < 4.78 is 10.9. The number of rotatable bonds is 6. The summed E-state index contributed by atoms with van der Waals surface area (Å²) in [5.74, 6) is 2.01. The Morgan fingerprint density at radius 3 is 2.71 bits per heavy atom. The highest BCUT2D eigenvalue weighted by molar-refractivity contribution is 5.00. The van der Waals surface area contributed by atoms with E-state index in [0.717, 1.165) is 0 Å². The number of ether oxygens (including phenoxy) is 1. The third-order valence-corrected chi connectivity index (χ3v) is 3.11. The highest BCUT2D eigenvalue weighted by Crippen LogP contribution is 2.42. The predicted molar refractivity (Wildman–Crippen MR) is 63.2 cm³/mol. The van der Waals surface area contributed by atoms with Gasteiger partial charge in [0.1, 0.15) is 6.10 Å². The average molecular weight is 239 g/mol. The van der Waals surface area contributed by atoms with Crippen molar-refractivity contribution in [2.75, 3.05) is 6.61 Å². The van der Waals surface area contributed by atoms with Crippen LogP contribution >= 0.6 is 0 Å². The second kappa shape index (κ2) is 5.14. The fraction of sp³-hybridized carbons (Fsp3) is 0.833. The second-order valence-electron chi connectivity index (χ2n) is 4.97. The first-order chi connectivity index (χ1) is 8.13. The first kappa shape index (κ1) is 12.5. The van der Waals surface area contributed by atoms with Gasteiger partial charge in [-0.05, 0) is 31.6 Å². The molecule has 0 aliphatic heterocycles. The Hall–Kier alpha value is -0.940. The standard InChI is InChI=1S/C12H21N3O2/c1-4-16-10(8-5-6-8)11-14-12(17-15-11)9(13)7(2)3/h7-10H,4-6,13H2,1-3H3. The van der Waals surface area contributed by atoms with Gasteiger partial charge in [-0.3, -0.25) is 0 Å². The molecule has 0 spiro atoms. The van der Waals surface area contributed by atoms with Crippen molar-refractivity contribution < 1.29 is 9.26 Å². The molecule has 0 aromatic carbocycles. The molecule has 5 nitrogen and oxygen atoms in total. The van der Waals surface area contributed by atoms with Crippen molar-refractivity contribution in [3.8, 4) is 0 Å². The van der Waals surface area contributed by atoms with Crippen molar-refractivity contribution in [2.45, 2.75) is 45.8 Å². The minimum Gasteiger partial charge on any atom is -0.370 e. The van der Waals surface area contributed by atoms with Crippen LogP contribution in [0.3, 0.4) is 0 Å². The Morgan fingerprint density at radius 2 is 2.18 bits per heavy atom. The van der Waals surface area contributed by atoms with Gasteiger partial charge in [-0.2, -0.15) is 4.98 Å². The molecule has 1 aromatic heterocycles. The zero-order chi connectivity index (χ0) is 12.4. The van der Waals surface area contributed by atoms with Gasteiger partial charge >= 0.3 is 0 Å². The number of nitrogens with two attached hydrogens (primary N) is 1. The SMILES string of the molecule is CCOC(c1noc(C(N)C(C)C)n1)C1CC1. The summed E-state index contributed by atoms with van der Waals surface area (Å²) in [7, 11) is 0. The van der Waals surface area contributed by atoms with Crippen LogP contribution < -0.4 is 5.73 Å². The van der Waals surface area contributed by atoms with Crippen LogP contribution in [0.5, 0.6) is 0 Å².